The van der Waals surface area contributed by atoms with Gasteiger partial charge in [0, 0.05) is 39.8 Å². The lowest BCUT2D eigenvalue weighted by Gasteiger charge is -2.33. The first kappa shape index (κ1) is 22.0. The SMILES string of the molecule is COCCNC(=O)CSc1nnc(N2CCN(C(=O)c3ccc([N+](=O)[O-])o3)CC2)s1. The molecule has 30 heavy (non-hydrogen) atoms. The highest BCUT2D eigenvalue weighted by Crippen LogP contribution is 2.28. The molecule has 14 heteroatoms. The summed E-state index contributed by atoms with van der Waals surface area (Å²) in [7, 11) is 1.57. The number of furan rings is 1. The Morgan fingerprint density at radius 3 is 2.77 bits per heavy atom. The Morgan fingerprint density at radius 1 is 1.33 bits per heavy atom. The minimum Gasteiger partial charge on any atom is -0.395 e. The number of aromatic nitrogens is 2. The van der Waals surface area contributed by atoms with Crippen molar-refractivity contribution in [2.24, 2.45) is 0 Å². The predicted octanol–water partition coefficient (Wildman–Crippen LogP) is 0.856. The van der Waals surface area contributed by atoms with E-state index in [1.54, 1.807) is 12.0 Å². The molecule has 0 atom stereocenters. The molecule has 1 aliphatic heterocycles. The van der Waals surface area contributed by atoms with Crippen LogP contribution in [0.5, 0.6) is 0 Å². The fraction of sp³-hybridized carbons (Fsp3) is 0.500. The highest BCUT2D eigenvalue weighted by molar-refractivity contribution is 8.01. The number of nitrogens with one attached hydrogen (secondary N) is 1. The van der Waals surface area contributed by atoms with Crippen LogP contribution in [-0.4, -0.2) is 84.0 Å². The number of carbonyl (C=O) groups excluding carboxylic acids is 2. The topological polar surface area (TPSA) is 144 Å². The Labute approximate surface area is 179 Å². The number of rotatable bonds is 9. The zero-order valence-electron chi connectivity index (χ0n) is 16.1. The Kier molecular flexibility index (Phi) is 7.59. The highest BCUT2D eigenvalue weighted by Gasteiger charge is 2.27. The van der Waals surface area contributed by atoms with Gasteiger partial charge in [0.1, 0.15) is 4.92 Å². The molecule has 0 aliphatic carbocycles. The van der Waals surface area contributed by atoms with Crippen LogP contribution in [0.1, 0.15) is 10.6 Å². The van der Waals surface area contributed by atoms with E-state index in [1.165, 1.54) is 35.2 Å². The van der Waals surface area contributed by atoms with E-state index in [2.05, 4.69) is 15.5 Å². The van der Waals surface area contributed by atoms with Gasteiger partial charge in [-0.1, -0.05) is 23.1 Å². The number of amides is 2. The summed E-state index contributed by atoms with van der Waals surface area (Å²) in [4.78, 5) is 37.8. The molecule has 1 aliphatic rings. The number of nitro groups is 1. The van der Waals surface area contributed by atoms with Gasteiger partial charge in [0.25, 0.3) is 5.91 Å². The van der Waals surface area contributed by atoms with Gasteiger partial charge in [-0.15, -0.1) is 10.2 Å². The summed E-state index contributed by atoms with van der Waals surface area (Å²) in [6, 6.07) is 2.48. The predicted molar refractivity (Wildman–Crippen MR) is 109 cm³/mol. The van der Waals surface area contributed by atoms with Crippen LogP contribution in [0.15, 0.2) is 20.9 Å². The van der Waals surface area contributed by atoms with Crippen molar-refractivity contribution in [1.82, 2.24) is 20.4 Å². The molecule has 3 rings (SSSR count). The van der Waals surface area contributed by atoms with Crippen molar-refractivity contribution < 1.29 is 23.7 Å². The maximum Gasteiger partial charge on any atom is 0.433 e. The van der Waals surface area contributed by atoms with Crippen molar-refractivity contribution in [2.75, 3.05) is 57.1 Å². The Balaban J connectivity index is 1.46. The molecular weight excluding hydrogens is 436 g/mol. The van der Waals surface area contributed by atoms with E-state index in [0.29, 0.717) is 43.7 Å². The number of carbonyl (C=O) groups is 2. The molecule has 2 amide bonds. The number of piperazine rings is 1. The van der Waals surface area contributed by atoms with E-state index in [4.69, 9.17) is 9.15 Å². The van der Waals surface area contributed by atoms with Gasteiger partial charge in [0.15, 0.2) is 10.1 Å². The Bertz CT molecular complexity index is 894. The molecule has 0 unspecified atom stereocenters. The van der Waals surface area contributed by atoms with Crippen LogP contribution >= 0.6 is 23.1 Å². The summed E-state index contributed by atoms with van der Waals surface area (Å²) in [5.41, 5.74) is 0. The lowest BCUT2D eigenvalue weighted by atomic mass is 10.3. The molecule has 2 aromatic heterocycles. The van der Waals surface area contributed by atoms with E-state index in [0.717, 1.165) is 5.13 Å². The lowest BCUT2D eigenvalue weighted by molar-refractivity contribution is -0.402. The summed E-state index contributed by atoms with van der Waals surface area (Å²) in [5.74, 6) is -0.734. The van der Waals surface area contributed by atoms with Gasteiger partial charge >= 0.3 is 5.88 Å². The lowest BCUT2D eigenvalue weighted by Crippen LogP contribution is -2.48. The molecule has 0 bridgehead atoms. The normalized spacial score (nSPS) is 14.0. The van der Waals surface area contributed by atoms with E-state index in [1.807, 2.05) is 4.90 Å². The molecule has 162 valence electrons. The van der Waals surface area contributed by atoms with Crippen LogP contribution in [0.3, 0.4) is 0 Å². The van der Waals surface area contributed by atoms with Crippen LogP contribution in [0.2, 0.25) is 0 Å². The molecule has 3 heterocycles. The number of ether oxygens (including phenoxy) is 1. The summed E-state index contributed by atoms with van der Waals surface area (Å²) >= 11 is 2.70. The summed E-state index contributed by atoms with van der Waals surface area (Å²) in [6.07, 6.45) is 0. The standard InChI is InChI=1S/C16H20N6O6S2/c1-27-9-4-17-12(23)10-29-16-19-18-15(30-16)21-7-5-20(6-8-21)14(24)11-2-3-13(28-11)22(25)26/h2-3H,4-10H2,1H3,(H,17,23). The van der Waals surface area contributed by atoms with Crippen LogP contribution in [-0.2, 0) is 9.53 Å². The number of methoxy groups -OCH3 is 1. The van der Waals surface area contributed by atoms with Gasteiger partial charge in [-0.2, -0.15) is 0 Å². The molecule has 0 saturated carbocycles. The summed E-state index contributed by atoms with van der Waals surface area (Å²) in [6.45, 7) is 2.88. The maximum atomic E-state index is 12.4. The monoisotopic (exact) mass is 456 g/mol. The largest absolute Gasteiger partial charge is 0.433 e. The van der Waals surface area contributed by atoms with Gasteiger partial charge in [-0.05, 0) is 6.07 Å². The fourth-order valence-corrected chi connectivity index (χ4v) is 4.38. The first-order valence-electron chi connectivity index (χ1n) is 8.98. The van der Waals surface area contributed by atoms with Gasteiger partial charge in [-0.3, -0.25) is 19.7 Å². The Hall–Kier alpha value is -2.71. The minimum absolute atomic E-state index is 0.0477. The van der Waals surface area contributed by atoms with Crippen molar-refractivity contribution in [1.29, 1.82) is 0 Å². The first-order chi connectivity index (χ1) is 14.5. The molecule has 12 nitrogen and oxygen atoms in total. The molecule has 0 radical (unpaired) electrons. The molecule has 0 spiro atoms. The third kappa shape index (κ3) is 5.67. The van der Waals surface area contributed by atoms with Gasteiger partial charge in [0.2, 0.25) is 11.0 Å². The fourth-order valence-electron chi connectivity index (χ4n) is 2.66. The molecule has 1 saturated heterocycles. The number of thioether (sulfide) groups is 1. The molecule has 1 fully saturated rings. The Morgan fingerprint density at radius 2 is 2.10 bits per heavy atom. The van der Waals surface area contributed by atoms with Crippen LogP contribution < -0.4 is 10.2 Å². The highest BCUT2D eigenvalue weighted by atomic mass is 32.2. The summed E-state index contributed by atoms with van der Waals surface area (Å²) < 4.78 is 10.6. The number of hydrogen-bond acceptors (Lipinski definition) is 11. The van der Waals surface area contributed by atoms with Gasteiger partial charge in [-0.25, -0.2) is 0 Å². The molecular formula is C16H20N6O6S2. The zero-order chi connectivity index (χ0) is 21.5. The van der Waals surface area contributed by atoms with Crippen molar-refractivity contribution in [3.8, 4) is 0 Å². The summed E-state index contributed by atoms with van der Waals surface area (Å²) in [5, 5.41) is 22.4. The van der Waals surface area contributed by atoms with E-state index >= 15 is 0 Å². The number of hydrogen-bond donors (Lipinski definition) is 1. The maximum absolute atomic E-state index is 12.4. The zero-order valence-corrected chi connectivity index (χ0v) is 17.7. The average Bonchev–Trinajstić information content (AvgIpc) is 3.42. The van der Waals surface area contributed by atoms with Gasteiger partial charge < -0.3 is 24.3 Å². The van der Waals surface area contributed by atoms with E-state index < -0.39 is 10.8 Å². The first-order valence-corrected chi connectivity index (χ1v) is 10.8. The minimum atomic E-state index is -0.678. The quantitative estimate of drug-likeness (QED) is 0.250. The second-order valence-corrected chi connectivity index (χ2v) is 8.33. The molecule has 0 aromatic carbocycles. The van der Waals surface area contributed by atoms with Crippen LogP contribution in [0.25, 0.3) is 0 Å². The molecule has 1 N–H and O–H groups in total. The third-order valence-corrected chi connectivity index (χ3v) is 6.29. The van der Waals surface area contributed by atoms with Crippen LogP contribution in [0, 0.1) is 10.1 Å². The average molecular weight is 457 g/mol. The van der Waals surface area contributed by atoms with Crippen molar-refractivity contribution in [2.45, 2.75) is 4.34 Å². The smallest absolute Gasteiger partial charge is 0.395 e. The third-order valence-electron chi connectivity index (χ3n) is 4.17. The van der Waals surface area contributed by atoms with Crippen molar-refractivity contribution in [3.05, 3.63) is 28.0 Å². The van der Waals surface area contributed by atoms with Gasteiger partial charge in [0.05, 0.1) is 18.4 Å². The van der Waals surface area contributed by atoms with Crippen molar-refractivity contribution >= 4 is 45.9 Å². The van der Waals surface area contributed by atoms with E-state index in [9.17, 15) is 19.7 Å². The number of nitrogens with zero attached hydrogens (tertiary/aromatic N) is 5. The van der Waals surface area contributed by atoms with E-state index in [-0.39, 0.29) is 23.3 Å². The number of anilines is 1. The molecule has 2 aromatic rings. The van der Waals surface area contributed by atoms with Crippen LogP contribution in [0.4, 0.5) is 11.0 Å². The second-order valence-electron chi connectivity index (χ2n) is 6.16. The second kappa shape index (κ2) is 10.4. The van der Waals surface area contributed by atoms with Crippen molar-refractivity contribution in [3.63, 3.8) is 0 Å².